The van der Waals surface area contributed by atoms with Crippen LogP contribution in [0.15, 0.2) is 41.8 Å². The molecule has 0 aliphatic rings. The second-order valence-electron chi connectivity index (χ2n) is 5.19. The number of hydrogen-bond acceptors (Lipinski definition) is 6. The lowest BCUT2D eigenvalue weighted by atomic mass is 10.2. The molecule has 0 unspecified atom stereocenters. The number of aromatic amines is 1. The number of urea groups is 1. The van der Waals surface area contributed by atoms with Crippen molar-refractivity contribution >= 4 is 40.5 Å². The van der Waals surface area contributed by atoms with Crippen LogP contribution in [0.3, 0.4) is 0 Å². The van der Waals surface area contributed by atoms with Crippen LogP contribution in [0.1, 0.15) is 10.4 Å². The van der Waals surface area contributed by atoms with Gasteiger partial charge >= 0.3 is 12.0 Å². The number of anilines is 1. The summed E-state index contributed by atoms with van der Waals surface area (Å²) in [4.78, 5) is 34.0. The summed E-state index contributed by atoms with van der Waals surface area (Å²) in [6.45, 7) is 0.394. The highest BCUT2D eigenvalue weighted by Gasteiger charge is 2.11. The molecule has 0 saturated carbocycles. The number of phenols is 1. The summed E-state index contributed by atoms with van der Waals surface area (Å²) in [5.41, 5.74) is 0.827. The SMILES string of the molecule is O=C(NCCSc1ncnc2[nH]ccc12)Nc1ccc(C(=O)O)c(O)c1. The molecule has 2 heterocycles. The van der Waals surface area contributed by atoms with E-state index in [1.165, 1.54) is 36.3 Å². The normalized spacial score (nSPS) is 10.6. The van der Waals surface area contributed by atoms with Gasteiger partial charge in [0.1, 0.15) is 28.3 Å². The van der Waals surface area contributed by atoms with Crippen molar-refractivity contribution in [2.45, 2.75) is 5.03 Å². The first-order valence-electron chi connectivity index (χ1n) is 7.56. The van der Waals surface area contributed by atoms with E-state index in [0.29, 0.717) is 18.0 Å². The maximum absolute atomic E-state index is 11.9. The Labute approximate surface area is 151 Å². The van der Waals surface area contributed by atoms with Crippen molar-refractivity contribution in [3.8, 4) is 5.75 Å². The van der Waals surface area contributed by atoms with Crippen molar-refractivity contribution in [1.82, 2.24) is 20.3 Å². The van der Waals surface area contributed by atoms with Gasteiger partial charge in [-0.2, -0.15) is 0 Å². The van der Waals surface area contributed by atoms with Crippen LogP contribution >= 0.6 is 11.8 Å². The van der Waals surface area contributed by atoms with Gasteiger partial charge in [-0.1, -0.05) is 0 Å². The zero-order valence-electron chi connectivity index (χ0n) is 13.4. The third-order valence-corrected chi connectivity index (χ3v) is 4.44. The molecular weight excluding hydrogens is 358 g/mol. The van der Waals surface area contributed by atoms with E-state index in [1.54, 1.807) is 6.20 Å². The van der Waals surface area contributed by atoms with Gasteiger partial charge in [-0.05, 0) is 18.2 Å². The number of aromatic nitrogens is 3. The van der Waals surface area contributed by atoms with Gasteiger partial charge in [-0.25, -0.2) is 19.6 Å². The average Bonchev–Trinajstić information content (AvgIpc) is 3.08. The minimum absolute atomic E-state index is 0.228. The summed E-state index contributed by atoms with van der Waals surface area (Å²) in [5, 5.41) is 25.4. The molecule has 0 saturated heterocycles. The third-order valence-electron chi connectivity index (χ3n) is 3.43. The number of fused-ring (bicyclic) bond motifs is 1. The van der Waals surface area contributed by atoms with E-state index in [1.807, 2.05) is 6.07 Å². The molecule has 10 heteroatoms. The van der Waals surface area contributed by atoms with Crippen LogP contribution in [0.25, 0.3) is 11.0 Å². The van der Waals surface area contributed by atoms with Crippen LogP contribution in [0.4, 0.5) is 10.5 Å². The lowest BCUT2D eigenvalue weighted by Crippen LogP contribution is -2.30. The molecule has 2 aromatic heterocycles. The van der Waals surface area contributed by atoms with Gasteiger partial charge in [0.05, 0.1) is 5.39 Å². The molecule has 0 fully saturated rings. The molecule has 0 bridgehead atoms. The Hall–Kier alpha value is -3.27. The molecule has 9 nitrogen and oxygen atoms in total. The lowest BCUT2D eigenvalue weighted by Gasteiger charge is -2.09. The molecule has 134 valence electrons. The number of rotatable bonds is 6. The lowest BCUT2D eigenvalue weighted by molar-refractivity contribution is 0.0694. The molecule has 0 aliphatic carbocycles. The summed E-state index contributed by atoms with van der Waals surface area (Å²) < 4.78 is 0. The first kappa shape index (κ1) is 17.5. The van der Waals surface area contributed by atoms with Crippen molar-refractivity contribution < 1.29 is 19.8 Å². The van der Waals surface area contributed by atoms with Gasteiger partial charge in [0, 0.05) is 30.2 Å². The van der Waals surface area contributed by atoms with E-state index < -0.39 is 17.7 Å². The van der Waals surface area contributed by atoms with Crippen molar-refractivity contribution in [2.75, 3.05) is 17.6 Å². The molecule has 2 amide bonds. The average molecular weight is 373 g/mol. The largest absolute Gasteiger partial charge is 0.507 e. The van der Waals surface area contributed by atoms with Crippen LogP contribution in [0.5, 0.6) is 5.75 Å². The number of carboxylic acids is 1. The van der Waals surface area contributed by atoms with Crippen LogP contribution in [0, 0.1) is 0 Å². The van der Waals surface area contributed by atoms with Crippen LogP contribution < -0.4 is 10.6 Å². The Balaban J connectivity index is 1.48. The predicted octanol–water partition coefficient (Wildman–Crippen LogP) is 2.28. The van der Waals surface area contributed by atoms with Gasteiger partial charge in [-0.3, -0.25) is 0 Å². The van der Waals surface area contributed by atoms with E-state index in [9.17, 15) is 14.7 Å². The van der Waals surface area contributed by atoms with Crippen molar-refractivity contribution in [3.05, 3.63) is 42.4 Å². The number of aromatic carboxylic acids is 1. The number of thioether (sulfide) groups is 1. The number of nitrogens with zero attached hydrogens (tertiary/aromatic N) is 2. The minimum Gasteiger partial charge on any atom is -0.507 e. The third kappa shape index (κ3) is 4.03. The zero-order valence-corrected chi connectivity index (χ0v) is 14.2. The summed E-state index contributed by atoms with van der Waals surface area (Å²) in [6.07, 6.45) is 3.27. The Kier molecular flexibility index (Phi) is 5.23. The molecular formula is C16H15N5O4S. The number of nitrogens with one attached hydrogen (secondary N) is 3. The van der Waals surface area contributed by atoms with E-state index in [4.69, 9.17) is 5.11 Å². The fourth-order valence-electron chi connectivity index (χ4n) is 2.24. The first-order valence-corrected chi connectivity index (χ1v) is 8.55. The van der Waals surface area contributed by atoms with E-state index >= 15 is 0 Å². The Morgan fingerprint density at radius 3 is 2.85 bits per heavy atom. The predicted molar refractivity (Wildman–Crippen MR) is 96.7 cm³/mol. The summed E-state index contributed by atoms with van der Waals surface area (Å²) in [5.74, 6) is -1.05. The molecule has 1 aromatic carbocycles. The highest BCUT2D eigenvalue weighted by molar-refractivity contribution is 7.99. The van der Waals surface area contributed by atoms with Gasteiger partial charge in [0.2, 0.25) is 0 Å². The van der Waals surface area contributed by atoms with Crippen molar-refractivity contribution in [2.24, 2.45) is 0 Å². The highest BCUT2D eigenvalue weighted by Crippen LogP contribution is 2.23. The molecule has 3 rings (SSSR count). The maximum Gasteiger partial charge on any atom is 0.339 e. The number of hydrogen-bond donors (Lipinski definition) is 5. The molecule has 0 atom stereocenters. The van der Waals surface area contributed by atoms with Crippen LogP contribution in [-0.2, 0) is 0 Å². The number of carboxylic acid groups (broad SMARTS) is 1. The second kappa shape index (κ2) is 7.74. The fourth-order valence-corrected chi connectivity index (χ4v) is 3.08. The molecule has 0 aliphatic heterocycles. The number of amides is 2. The Morgan fingerprint density at radius 2 is 2.08 bits per heavy atom. The number of H-pyrrole nitrogens is 1. The molecule has 0 spiro atoms. The van der Waals surface area contributed by atoms with E-state index in [2.05, 4.69) is 25.6 Å². The fraction of sp³-hybridized carbons (Fsp3) is 0.125. The van der Waals surface area contributed by atoms with Crippen molar-refractivity contribution in [1.29, 1.82) is 0 Å². The van der Waals surface area contributed by atoms with E-state index in [-0.39, 0.29) is 5.56 Å². The summed E-state index contributed by atoms with van der Waals surface area (Å²) >= 11 is 1.49. The van der Waals surface area contributed by atoms with E-state index in [0.717, 1.165) is 16.1 Å². The standard InChI is InChI=1S/C16H15N5O4S/c22-12-7-9(1-2-10(12)15(23)24)21-16(25)18-5-6-26-14-11-3-4-17-13(11)19-8-20-14/h1-4,7-8,22H,5-6H2,(H,23,24)(H,17,19,20)(H2,18,21,25). The van der Waals surface area contributed by atoms with Gasteiger partial charge in [-0.15, -0.1) is 11.8 Å². The van der Waals surface area contributed by atoms with Gasteiger partial charge < -0.3 is 25.8 Å². The maximum atomic E-state index is 11.9. The molecule has 26 heavy (non-hydrogen) atoms. The molecule has 3 aromatic rings. The Bertz CT molecular complexity index is 959. The monoisotopic (exact) mass is 373 g/mol. The van der Waals surface area contributed by atoms with Crippen molar-refractivity contribution in [3.63, 3.8) is 0 Å². The molecule has 5 N–H and O–H groups in total. The second-order valence-corrected chi connectivity index (χ2v) is 6.27. The summed E-state index contributed by atoms with van der Waals surface area (Å²) in [6, 6.07) is 5.25. The van der Waals surface area contributed by atoms with Crippen LogP contribution in [0.2, 0.25) is 0 Å². The molecule has 0 radical (unpaired) electrons. The highest BCUT2D eigenvalue weighted by atomic mass is 32.2. The van der Waals surface area contributed by atoms with Gasteiger partial charge in [0.15, 0.2) is 0 Å². The van der Waals surface area contributed by atoms with Gasteiger partial charge in [0.25, 0.3) is 0 Å². The number of carbonyl (C=O) groups is 2. The quantitative estimate of drug-likeness (QED) is 0.254. The Morgan fingerprint density at radius 1 is 1.23 bits per heavy atom. The first-order chi connectivity index (χ1) is 12.5. The number of aromatic hydroxyl groups is 1. The summed E-state index contributed by atoms with van der Waals surface area (Å²) in [7, 11) is 0. The zero-order chi connectivity index (χ0) is 18.5. The number of benzene rings is 1. The smallest absolute Gasteiger partial charge is 0.339 e. The van der Waals surface area contributed by atoms with Crippen LogP contribution in [-0.4, -0.2) is 49.5 Å². The minimum atomic E-state index is -1.24. The number of carbonyl (C=O) groups excluding carboxylic acids is 1. The topological polar surface area (TPSA) is 140 Å².